The van der Waals surface area contributed by atoms with E-state index in [0.717, 1.165) is 5.01 Å². The van der Waals surface area contributed by atoms with Crippen LogP contribution in [-0.2, 0) is 4.94 Å². The molecule has 0 bridgehead atoms. The van der Waals surface area contributed by atoms with Crippen LogP contribution in [0, 0.1) is 20.2 Å². The smallest absolute Gasteiger partial charge is 0.252 e. The molecule has 2 aliphatic rings. The molecule has 2 N–H and O–H groups in total. The van der Waals surface area contributed by atoms with Crippen LogP contribution in [0.25, 0.3) is 0 Å². The van der Waals surface area contributed by atoms with Crippen molar-refractivity contribution in [3.05, 3.63) is 31.9 Å². The van der Waals surface area contributed by atoms with Gasteiger partial charge in [0.25, 0.3) is 5.82 Å². The lowest BCUT2D eigenvalue weighted by molar-refractivity contribution is -0.723. The van der Waals surface area contributed by atoms with Crippen LogP contribution >= 0.6 is 0 Å². The van der Waals surface area contributed by atoms with Crippen LogP contribution in [0.15, 0.2) is 11.6 Å². The Morgan fingerprint density at radius 2 is 2.00 bits per heavy atom. The Morgan fingerprint density at radius 1 is 1.27 bits per heavy atom. The first-order valence-electron chi connectivity index (χ1n) is 3.88. The molecule has 0 saturated heterocycles. The summed E-state index contributed by atoms with van der Waals surface area (Å²) in [4.78, 5) is 25.4. The molecule has 0 atom stereocenters. The first-order chi connectivity index (χ1) is 7.11. The number of nitrogens with one attached hydrogen (secondary N) is 2. The zero-order valence-electron chi connectivity index (χ0n) is 7.24. The molecule has 15 heavy (non-hydrogen) atoms. The van der Waals surface area contributed by atoms with Gasteiger partial charge in [-0.25, -0.2) is 25.7 Å². The van der Waals surface area contributed by atoms with Gasteiger partial charge in [0.2, 0.25) is 5.82 Å². The molecule has 2 heterocycles. The predicted molar refractivity (Wildman–Crippen MR) is 41.8 cm³/mol. The van der Waals surface area contributed by atoms with Crippen molar-refractivity contribution in [2.75, 3.05) is 13.1 Å². The molecule has 0 aromatic rings. The summed E-state index contributed by atoms with van der Waals surface area (Å²) in [7, 11) is 0. The molecule has 11 nitrogen and oxygen atoms in total. The first kappa shape index (κ1) is 9.26. The third kappa shape index (κ3) is 1.34. The molecule has 2 rings (SSSR count). The summed E-state index contributed by atoms with van der Waals surface area (Å²) in [5.74, 6) is -0.161. The highest BCUT2D eigenvalue weighted by Gasteiger charge is 2.42. The van der Waals surface area contributed by atoms with Crippen molar-refractivity contribution in [3.63, 3.8) is 0 Å². The van der Waals surface area contributed by atoms with E-state index in [0.29, 0.717) is 5.17 Å². The summed E-state index contributed by atoms with van der Waals surface area (Å²) < 4.78 is 0. The van der Waals surface area contributed by atoms with Crippen LogP contribution in [-0.4, -0.2) is 33.3 Å². The maximum Gasteiger partial charge on any atom is 0.252 e. The SMILES string of the molecule is O=[N+]([O-])N1CCNC2=C1NON2[N+](=O)[O-]. The molecule has 0 aromatic carbocycles. The molecule has 0 aliphatic carbocycles. The molecule has 0 spiro atoms. The number of hydroxylamine groups is 2. The molecule has 0 saturated carbocycles. The van der Waals surface area contributed by atoms with E-state index in [1.165, 1.54) is 0 Å². The summed E-state index contributed by atoms with van der Waals surface area (Å²) in [6, 6.07) is 0. The fraction of sp³-hybridized carbons (Fsp3) is 0.500. The van der Waals surface area contributed by atoms with Gasteiger partial charge < -0.3 is 5.32 Å². The van der Waals surface area contributed by atoms with Gasteiger partial charge >= 0.3 is 0 Å². The van der Waals surface area contributed by atoms with Crippen LogP contribution in [0.3, 0.4) is 0 Å². The Bertz CT molecular complexity index is 353. The molecule has 0 aromatic heterocycles. The fourth-order valence-electron chi connectivity index (χ4n) is 1.27. The van der Waals surface area contributed by atoms with E-state index in [2.05, 4.69) is 15.7 Å². The van der Waals surface area contributed by atoms with Gasteiger partial charge in [0.15, 0.2) is 10.1 Å². The lowest BCUT2D eigenvalue weighted by Gasteiger charge is -2.19. The zero-order valence-corrected chi connectivity index (χ0v) is 7.24. The molecule has 2 aliphatic heterocycles. The molecule has 0 radical (unpaired) electrons. The second kappa shape index (κ2) is 3.13. The van der Waals surface area contributed by atoms with Crippen LogP contribution in [0.1, 0.15) is 0 Å². The lowest BCUT2D eigenvalue weighted by Crippen LogP contribution is -2.45. The molecular weight excluding hydrogens is 212 g/mol. The van der Waals surface area contributed by atoms with E-state index in [-0.39, 0.29) is 24.7 Å². The minimum atomic E-state index is -0.841. The summed E-state index contributed by atoms with van der Waals surface area (Å²) >= 11 is 0. The summed E-state index contributed by atoms with van der Waals surface area (Å²) in [5.41, 5.74) is 2.11. The van der Waals surface area contributed by atoms with Crippen LogP contribution in [0.5, 0.6) is 0 Å². The standard InChI is InChI=1S/C4H6N6O5/c11-9(12)7-2-1-5-3-4(7)6-15-8(3)10(13)14/h5-6H,1-2H2. The van der Waals surface area contributed by atoms with Crippen molar-refractivity contribution in [1.82, 2.24) is 21.0 Å². The number of nitro groups is 2. The van der Waals surface area contributed by atoms with Crippen molar-refractivity contribution in [2.45, 2.75) is 0 Å². The average Bonchev–Trinajstić information content (AvgIpc) is 2.59. The van der Waals surface area contributed by atoms with Crippen molar-refractivity contribution in [1.29, 1.82) is 0 Å². The second-order valence-electron chi connectivity index (χ2n) is 2.69. The maximum atomic E-state index is 10.6. The van der Waals surface area contributed by atoms with Crippen molar-refractivity contribution < 1.29 is 15.0 Å². The normalized spacial score (nSPS) is 19.5. The van der Waals surface area contributed by atoms with E-state index in [4.69, 9.17) is 0 Å². The van der Waals surface area contributed by atoms with E-state index < -0.39 is 10.1 Å². The fourth-order valence-corrected chi connectivity index (χ4v) is 1.27. The minimum Gasteiger partial charge on any atom is -0.359 e. The van der Waals surface area contributed by atoms with Crippen molar-refractivity contribution >= 4 is 0 Å². The number of nitrogens with zero attached hydrogens (tertiary/aromatic N) is 4. The van der Waals surface area contributed by atoms with Gasteiger partial charge in [0.1, 0.15) is 6.54 Å². The van der Waals surface area contributed by atoms with E-state index in [1.54, 1.807) is 0 Å². The lowest BCUT2D eigenvalue weighted by atomic mass is 10.4. The second-order valence-corrected chi connectivity index (χ2v) is 2.69. The number of hydrogen-bond donors (Lipinski definition) is 2. The Kier molecular flexibility index (Phi) is 1.93. The Labute approximate surface area is 82.0 Å². The third-order valence-corrected chi connectivity index (χ3v) is 1.86. The Hall–Kier alpha value is -2.30. The molecule has 0 amide bonds. The van der Waals surface area contributed by atoms with Gasteiger partial charge in [-0.3, -0.25) is 0 Å². The van der Waals surface area contributed by atoms with Gasteiger partial charge in [0.05, 0.1) is 5.17 Å². The molecule has 0 unspecified atom stereocenters. The number of hydrazine groups is 2. The summed E-state index contributed by atoms with van der Waals surface area (Å²) in [6.45, 7) is 0.308. The monoisotopic (exact) mass is 218 g/mol. The maximum absolute atomic E-state index is 10.6. The van der Waals surface area contributed by atoms with Gasteiger partial charge in [-0.1, -0.05) is 9.95 Å². The first-order valence-corrected chi connectivity index (χ1v) is 3.88. The molecular formula is C4H6N6O5. The van der Waals surface area contributed by atoms with E-state index in [9.17, 15) is 20.2 Å². The van der Waals surface area contributed by atoms with Crippen LogP contribution < -0.4 is 10.8 Å². The van der Waals surface area contributed by atoms with Gasteiger partial charge in [-0.2, -0.15) is 0 Å². The Balaban J connectivity index is 2.30. The van der Waals surface area contributed by atoms with Crippen LogP contribution in [0.4, 0.5) is 0 Å². The highest BCUT2D eigenvalue weighted by Crippen LogP contribution is 2.19. The highest BCUT2D eigenvalue weighted by atomic mass is 16.9. The van der Waals surface area contributed by atoms with Crippen LogP contribution in [0.2, 0.25) is 0 Å². The average molecular weight is 218 g/mol. The molecule has 0 fully saturated rings. The third-order valence-electron chi connectivity index (χ3n) is 1.86. The highest BCUT2D eigenvalue weighted by molar-refractivity contribution is 5.09. The topological polar surface area (TPSA) is 126 Å². The van der Waals surface area contributed by atoms with E-state index >= 15 is 0 Å². The zero-order chi connectivity index (χ0) is 11.0. The number of hydrogen-bond acceptors (Lipinski definition) is 7. The largest absolute Gasteiger partial charge is 0.359 e. The molecule has 11 heteroatoms. The molecule has 82 valence electrons. The Morgan fingerprint density at radius 3 is 2.60 bits per heavy atom. The summed E-state index contributed by atoms with van der Waals surface area (Å²) in [6.07, 6.45) is 0. The van der Waals surface area contributed by atoms with Crippen molar-refractivity contribution in [3.8, 4) is 0 Å². The number of rotatable bonds is 2. The van der Waals surface area contributed by atoms with E-state index in [1.807, 2.05) is 0 Å². The quantitative estimate of drug-likeness (QED) is 0.405. The predicted octanol–water partition coefficient (Wildman–Crippen LogP) is -1.85. The summed E-state index contributed by atoms with van der Waals surface area (Å²) in [5, 5.41) is 23.1. The van der Waals surface area contributed by atoms with Gasteiger partial charge in [0, 0.05) is 6.54 Å². The van der Waals surface area contributed by atoms with Gasteiger partial charge in [-0.05, 0) is 0 Å². The minimum absolute atomic E-state index is 0.0806. The van der Waals surface area contributed by atoms with Crippen molar-refractivity contribution in [2.24, 2.45) is 0 Å². The van der Waals surface area contributed by atoms with Gasteiger partial charge in [-0.15, -0.1) is 0 Å².